The summed E-state index contributed by atoms with van der Waals surface area (Å²) >= 11 is 0. The van der Waals surface area contributed by atoms with Crippen molar-refractivity contribution in [1.29, 1.82) is 5.26 Å². The number of imidazole rings is 1. The van der Waals surface area contributed by atoms with Gasteiger partial charge in [0, 0.05) is 37.6 Å². The van der Waals surface area contributed by atoms with Crippen molar-refractivity contribution in [3.05, 3.63) is 53.1 Å². The number of rotatable bonds is 15. The highest BCUT2D eigenvalue weighted by atomic mass is 32.2. The first-order valence-corrected chi connectivity index (χ1v) is 24.3. The Morgan fingerprint density at radius 2 is 1.71 bits per heavy atom. The zero-order valence-corrected chi connectivity index (χ0v) is 34.7. The van der Waals surface area contributed by atoms with E-state index in [1.807, 2.05) is 26.0 Å². The minimum Gasteiger partial charge on any atom is -0.364 e. The van der Waals surface area contributed by atoms with Gasteiger partial charge in [0.15, 0.2) is 5.69 Å². The van der Waals surface area contributed by atoms with Crippen LogP contribution >= 0.6 is 0 Å². The number of aromatic nitrogens is 2. The van der Waals surface area contributed by atoms with Gasteiger partial charge in [-0.3, -0.25) is 13.2 Å². The standard InChI is InChI=1S/C36H46F6N4O9S2Si/c1-32(2)10-8-24(9-11-32)28-16-25(6-7-29(28)45-31(47)30-44-27(19-43)20-46(30)23-52-14-15-58(3,4)5)26-17-33(21-53-56(48,49)35(37,38)39)12-13-34(18-26,55-33)22-54-57(50,51)36(40,41)42/h6-8,16,20,26H,9-15,17-18,21-23H2,1-5H3,(H,45,47)/i12D,13D,17D,26D. The lowest BCUT2D eigenvalue weighted by atomic mass is 9.75. The third kappa shape index (κ3) is 10.7. The number of nitrogens with one attached hydrogen (secondary N) is 1. The van der Waals surface area contributed by atoms with E-state index in [-0.39, 0.29) is 40.5 Å². The minimum atomic E-state index is -6.48. The molecule has 1 amide bonds. The maximum Gasteiger partial charge on any atom is 0.523 e. The van der Waals surface area contributed by atoms with Gasteiger partial charge >= 0.3 is 31.3 Å². The van der Waals surface area contributed by atoms with Gasteiger partial charge in [-0.1, -0.05) is 45.6 Å². The van der Waals surface area contributed by atoms with Gasteiger partial charge in [-0.25, -0.2) is 4.98 Å². The van der Waals surface area contributed by atoms with Crippen molar-refractivity contribution in [2.24, 2.45) is 5.41 Å². The number of nitriles is 1. The largest absolute Gasteiger partial charge is 0.523 e. The summed E-state index contributed by atoms with van der Waals surface area (Å²) in [4.78, 5) is 18.0. The van der Waals surface area contributed by atoms with Crippen LogP contribution < -0.4 is 5.32 Å². The maximum atomic E-state index is 13.9. The molecule has 322 valence electrons. The Balaban J connectivity index is 1.62. The van der Waals surface area contributed by atoms with Gasteiger partial charge in [0.2, 0.25) is 5.82 Å². The van der Waals surface area contributed by atoms with Crippen molar-refractivity contribution < 1.29 is 71.3 Å². The molecule has 3 aliphatic rings. The van der Waals surface area contributed by atoms with Gasteiger partial charge in [0.05, 0.1) is 24.4 Å². The van der Waals surface area contributed by atoms with Gasteiger partial charge in [0.1, 0.15) is 12.8 Å². The third-order valence-corrected chi connectivity index (χ3v) is 13.4. The molecular formula is C36H46F6N4O9S2Si. The number of allylic oxidation sites excluding steroid dienone is 2. The van der Waals surface area contributed by atoms with E-state index in [1.54, 1.807) is 0 Å². The summed E-state index contributed by atoms with van der Waals surface area (Å²) in [6, 6.07) is 6.51. The first kappa shape index (κ1) is 40.1. The number of carbonyl (C=O) groups excluding carboxylic acids is 1. The molecule has 1 aliphatic carbocycles. The topological polar surface area (TPSA) is 176 Å². The molecule has 0 saturated carbocycles. The first-order valence-electron chi connectivity index (χ1n) is 20.1. The SMILES string of the molecule is [2H]C1C([2H])C2(COS(=O)(=O)C(F)(F)F)OC1(COS(=O)(=O)C(F)(F)F)CC([2H])(c1ccc(NC(=O)c3nc(C#N)cn3COCC[Si](C)(C)C)c(C3=CCC(C)(C)CC3)c1)C2[2H]. The van der Waals surface area contributed by atoms with Crippen molar-refractivity contribution in [2.75, 3.05) is 25.1 Å². The molecule has 58 heavy (non-hydrogen) atoms. The number of hydrogen-bond acceptors (Lipinski definition) is 11. The van der Waals surface area contributed by atoms with Crippen LogP contribution in [0.5, 0.6) is 0 Å². The predicted octanol–water partition coefficient (Wildman–Crippen LogP) is 7.81. The van der Waals surface area contributed by atoms with E-state index in [4.69, 9.17) is 12.2 Å². The molecule has 1 aromatic heterocycles. The van der Waals surface area contributed by atoms with E-state index >= 15 is 0 Å². The monoisotopic (exact) mass is 888 g/mol. The number of hydrogen-bond donors (Lipinski definition) is 1. The van der Waals surface area contributed by atoms with Gasteiger partial charge in [-0.15, -0.1) is 0 Å². The fraction of sp³-hybridized carbons (Fsp3) is 0.639. The second-order valence-electron chi connectivity index (χ2n) is 16.3. The molecule has 0 radical (unpaired) electrons. The smallest absolute Gasteiger partial charge is 0.364 e. The molecule has 6 unspecified atom stereocenters. The van der Waals surface area contributed by atoms with Crippen LogP contribution in [-0.2, 0) is 44.8 Å². The van der Waals surface area contributed by atoms with Crippen molar-refractivity contribution in [3.63, 3.8) is 0 Å². The lowest BCUT2D eigenvalue weighted by molar-refractivity contribution is -0.173. The Hall–Kier alpha value is -3.33. The zero-order valence-electron chi connectivity index (χ0n) is 36.1. The highest BCUT2D eigenvalue weighted by Gasteiger charge is 2.59. The van der Waals surface area contributed by atoms with E-state index in [1.165, 1.54) is 29.0 Å². The predicted molar refractivity (Wildman–Crippen MR) is 201 cm³/mol. The van der Waals surface area contributed by atoms with Crippen LogP contribution in [0.4, 0.5) is 32.0 Å². The van der Waals surface area contributed by atoms with Crippen LogP contribution in [-0.4, -0.2) is 82.4 Å². The number of benzene rings is 1. The highest BCUT2D eigenvalue weighted by Crippen LogP contribution is 2.55. The number of ether oxygens (including phenoxy) is 2. The molecule has 2 aromatic rings. The summed E-state index contributed by atoms with van der Waals surface area (Å²) in [7, 11) is -14.4. The van der Waals surface area contributed by atoms with Gasteiger partial charge < -0.3 is 19.4 Å². The minimum absolute atomic E-state index is 0.0919. The van der Waals surface area contributed by atoms with Gasteiger partial charge in [-0.05, 0) is 85.5 Å². The number of alkyl halides is 6. The molecule has 2 saturated heterocycles. The van der Waals surface area contributed by atoms with Crippen molar-refractivity contribution in [2.45, 2.75) is 119 Å². The Morgan fingerprint density at radius 3 is 2.28 bits per heavy atom. The molecule has 3 heterocycles. The number of nitrogens with zero attached hydrogens (tertiary/aromatic N) is 3. The van der Waals surface area contributed by atoms with Crippen molar-refractivity contribution in [3.8, 4) is 6.07 Å². The lowest BCUT2D eigenvalue weighted by Crippen LogP contribution is -2.49. The normalized spacial score (nSPS) is 30.0. The maximum absolute atomic E-state index is 13.9. The average molecular weight is 889 g/mol. The Bertz CT molecular complexity index is 2360. The van der Waals surface area contributed by atoms with Gasteiger partial charge in [0.25, 0.3) is 5.91 Å². The number of carbonyl (C=O) groups is 1. The number of anilines is 1. The van der Waals surface area contributed by atoms with Crippen LogP contribution in [0, 0.1) is 16.7 Å². The molecule has 2 fully saturated rings. The van der Waals surface area contributed by atoms with Gasteiger partial charge in [-0.2, -0.15) is 48.4 Å². The van der Waals surface area contributed by atoms with Crippen molar-refractivity contribution >= 4 is 45.5 Å². The summed E-state index contributed by atoms with van der Waals surface area (Å²) < 4.78 is 187. The Morgan fingerprint density at radius 1 is 1.09 bits per heavy atom. The summed E-state index contributed by atoms with van der Waals surface area (Å²) in [5.74, 6) is -3.63. The van der Waals surface area contributed by atoms with E-state index in [9.17, 15) is 56.0 Å². The second-order valence-corrected chi connectivity index (χ2v) is 25.2. The summed E-state index contributed by atoms with van der Waals surface area (Å²) in [6.45, 7) is 7.20. The fourth-order valence-corrected chi connectivity index (χ4v) is 8.12. The third-order valence-electron chi connectivity index (χ3n) is 9.71. The lowest BCUT2D eigenvalue weighted by Gasteiger charge is -2.44. The summed E-state index contributed by atoms with van der Waals surface area (Å²) in [6.07, 6.45) is -3.20. The van der Waals surface area contributed by atoms with Crippen LogP contribution in [0.25, 0.3) is 5.57 Å². The summed E-state index contributed by atoms with van der Waals surface area (Å²) in [5.41, 5.74) is -17.3. The molecule has 5 rings (SSSR count). The van der Waals surface area contributed by atoms with E-state index < -0.39 is 101 Å². The molecule has 1 aromatic carbocycles. The molecule has 2 bridgehead atoms. The van der Waals surface area contributed by atoms with E-state index in [0.29, 0.717) is 31.4 Å². The first-order chi connectivity index (χ1) is 28.2. The van der Waals surface area contributed by atoms with Crippen molar-refractivity contribution in [1.82, 2.24) is 9.55 Å². The number of fused-ring (bicyclic) bond motifs is 2. The average Bonchev–Trinajstić information content (AvgIpc) is 3.65. The zero-order chi connectivity index (χ0) is 46.7. The van der Waals surface area contributed by atoms with E-state index in [2.05, 4.69) is 38.3 Å². The van der Waals surface area contributed by atoms with Crippen LogP contribution in [0.15, 0.2) is 30.5 Å². The molecule has 13 nitrogen and oxygen atoms in total. The molecule has 1 N–H and O–H groups in total. The Kier molecular flexibility index (Phi) is 11.2. The number of halogens is 6. The summed E-state index contributed by atoms with van der Waals surface area (Å²) in [5, 5.41) is 12.3. The van der Waals surface area contributed by atoms with Crippen LogP contribution in [0.3, 0.4) is 0 Å². The molecule has 22 heteroatoms. The van der Waals surface area contributed by atoms with E-state index in [0.717, 1.165) is 6.04 Å². The second kappa shape index (κ2) is 16.3. The molecule has 6 atom stereocenters. The molecule has 2 aliphatic heterocycles. The quantitative estimate of drug-likeness (QED) is 0.0607. The van der Waals surface area contributed by atoms with Crippen LogP contribution in [0.1, 0.15) is 97.5 Å². The highest BCUT2D eigenvalue weighted by molar-refractivity contribution is 7.87. The fourth-order valence-electron chi connectivity index (χ4n) is 6.40. The Labute approximate surface area is 339 Å². The molecule has 0 spiro atoms. The number of amides is 1. The van der Waals surface area contributed by atoms with Crippen LogP contribution in [0.2, 0.25) is 25.7 Å². The molecular weight excluding hydrogens is 839 g/mol.